The number of carbonyl (C=O) groups excluding carboxylic acids is 2. The second kappa shape index (κ2) is 9.43. The van der Waals surface area contributed by atoms with Gasteiger partial charge in [0, 0.05) is 0 Å². The second-order valence-electron chi connectivity index (χ2n) is 6.29. The fourth-order valence-corrected chi connectivity index (χ4v) is 3.62. The molecule has 0 saturated heterocycles. The molecule has 1 amide bonds. The average Bonchev–Trinajstić information content (AvgIpc) is 2.66. The maximum Gasteiger partial charge on any atom is 0.324 e. The van der Waals surface area contributed by atoms with Gasteiger partial charge in [0.1, 0.15) is 11.9 Å². The van der Waals surface area contributed by atoms with Gasteiger partial charge in [-0.2, -0.15) is 4.72 Å². The van der Waals surface area contributed by atoms with Crippen LogP contribution in [0.3, 0.4) is 0 Å². The summed E-state index contributed by atoms with van der Waals surface area (Å²) in [5.74, 6) is -2.71. The molecule has 1 atom stereocenters. The lowest BCUT2D eigenvalue weighted by molar-refractivity contribution is -0.150. The molecular weight excluding hydrogens is 387 g/mol. The lowest BCUT2D eigenvalue weighted by Crippen LogP contribution is -2.45. The standard InChI is InChI=1S/C19H21FN2O5S/c1-13(2)18(22-28(25,26)14-8-4-3-5-9-14)19(24)27-12-17(23)21-16-11-7-6-10-15(16)20/h3-11,13,18,22H,12H2,1-2H3,(H,21,23)/t18-/m1/s1. The van der Waals surface area contributed by atoms with Crippen molar-refractivity contribution in [2.45, 2.75) is 24.8 Å². The van der Waals surface area contributed by atoms with Gasteiger partial charge in [0.25, 0.3) is 5.91 Å². The van der Waals surface area contributed by atoms with E-state index in [1.165, 1.54) is 36.4 Å². The summed E-state index contributed by atoms with van der Waals surface area (Å²) in [6.45, 7) is 2.60. The number of carbonyl (C=O) groups is 2. The van der Waals surface area contributed by atoms with E-state index in [1.54, 1.807) is 32.0 Å². The molecular formula is C19H21FN2O5S. The van der Waals surface area contributed by atoms with Crippen LogP contribution in [0.25, 0.3) is 0 Å². The number of hydrogen-bond acceptors (Lipinski definition) is 5. The largest absolute Gasteiger partial charge is 0.454 e. The third-order valence-corrected chi connectivity index (χ3v) is 5.21. The zero-order valence-corrected chi connectivity index (χ0v) is 16.2. The lowest BCUT2D eigenvalue weighted by Gasteiger charge is -2.20. The maximum atomic E-state index is 13.5. The highest BCUT2D eigenvalue weighted by Gasteiger charge is 2.30. The smallest absolute Gasteiger partial charge is 0.324 e. The maximum absolute atomic E-state index is 13.5. The topological polar surface area (TPSA) is 102 Å². The molecule has 28 heavy (non-hydrogen) atoms. The Morgan fingerprint density at radius 1 is 1.04 bits per heavy atom. The number of ether oxygens (including phenoxy) is 1. The molecule has 0 aliphatic carbocycles. The first kappa shape index (κ1) is 21.5. The van der Waals surface area contributed by atoms with Crippen LogP contribution in [0, 0.1) is 11.7 Å². The van der Waals surface area contributed by atoms with Crippen molar-refractivity contribution >= 4 is 27.6 Å². The van der Waals surface area contributed by atoms with Crippen LogP contribution in [-0.4, -0.2) is 32.9 Å². The molecule has 2 rings (SSSR count). The third-order valence-electron chi connectivity index (χ3n) is 3.75. The summed E-state index contributed by atoms with van der Waals surface area (Å²) in [6.07, 6.45) is 0. The van der Waals surface area contributed by atoms with Crippen LogP contribution < -0.4 is 10.0 Å². The van der Waals surface area contributed by atoms with Crippen molar-refractivity contribution in [1.29, 1.82) is 0 Å². The van der Waals surface area contributed by atoms with Crippen LogP contribution in [0.5, 0.6) is 0 Å². The van der Waals surface area contributed by atoms with Crippen molar-refractivity contribution in [1.82, 2.24) is 4.72 Å². The summed E-state index contributed by atoms with van der Waals surface area (Å²) in [5, 5.41) is 2.28. The van der Waals surface area contributed by atoms with E-state index in [0.717, 1.165) is 0 Å². The Morgan fingerprint density at radius 3 is 2.25 bits per heavy atom. The molecule has 2 aromatic carbocycles. The zero-order valence-electron chi connectivity index (χ0n) is 15.4. The van der Waals surface area contributed by atoms with Crippen molar-refractivity contribution in [3.05, 3.63) is 60.4 Å². The number of hydrogen-bond donors (Lipinski definition) is 2. The molecule has 0 heterocycles. The van der Waals surface area contributed by atoms with Crippen LogP contribution in [-0.2, 0) is 24.3 Å². The summed E-state index contributed by atoms with van der Waals surface area (Å²) >= 11 is 0. The van der Waals surface area contributed by atoms with Crippen molar-refractivity contribution < 1.29 is 27.1 Å². The Hall–Kier alpha value is -2.78. The summed E-state index contributed by atoms with van der Waals surface area (Å²) in [4.78, 5) is 24.2. The number of amides is 1. The highest BCUT2D eigenvalue weighted by atomic mass is 32.2. The average molecular weight is 408 g/mol. The van der Waals surface area contributed by atoms with Gasteiger partial charge in [-0.25, -0.2) is 12.8 Å². The Morgan fingerprint density at radius 2 is 1.64 bits per heavy atom. The van der Waals surface area contributed by atoms with Crippen molar-refractivity contribution in [3.8, 4) is 0 Å². The van der Waals surface area contributed by atoms with E-state index in [1.807, 2.05) is 0 Å². The van der Waals surface area contributed by atoms with Gasteiger partial charge in [-0.3, -0.25) is 9.59 Å². The predicted molar refractivity (Wildman–Crippen MR) is 101 cm³/mol. The SMILES string of the molecule is CC(C)[C@@H](NS(=O)(=O)c1ccccc1)C(=O)OCC(=O)Nc1ccccc1F. The van der Waals surface area contributed by atoms with E-state index in [4.69, 9.17) is 4.74 Å². The first-order valence-corrected chi connectivity index (χ1v) is 9.97. The first-order valence-electron chi connectivity index (χ1n) is 8.49. The Bertz CT molecular complexity index is 932. The van der Waals surface area contributed by atoms with E-state index in [2.05, 4.69) is 10.0 Å². The van der Waals surface area contributed by atoms with Crippen molar-refractivity contribution in [2.75, 3.05) is 11.9 Å². The summed E-state index contributed by atoms with van der Waals surface area (Å²) in [5.41, 5.74) is -0.0475. The Balaban J connectivity index is 1.99. The van der Waals surface area contributed by atoms with Gasteiger partial charge in [-0.1, -0.05) is 44.2 Å². The zero-order chi connectivity index (χ0) is 20.7. The molecule has 0 radical (unpaired) electrons. The van der Waals surface area contributed by atoms with Gasteiger partial charge in [0.05, 0.1) is 10.6 Å². The first-order chi connectivity index (χ1) is 13.2. The van der Waals surface area contributed by atoms with Crippen molar-refractivity contribution in [2.24, 2.45) is 5.92 Å². The quantitative estimate of drug-likeness (QED) is 0.653. The number of benzene rings is 2. The van der Waals surface area contributed by atoms with Gasteiger partial charge < -0.3 is 10.1 Å². The number of para-hydroxylation sites is 1. The fourth-order valence-electron chi connectivity index (χ4n) is 2.27. The van der Waals surface area contributed by atoms with Gasteiger partial charge >= 0.3 is 5.97 Å². The van der Waals surface area contributed by atoms with Gasteiger partial charge in [0.15, 0.2) is 6.61 Å². The fraction of sp³-hybridized carbons (Fsp3) is 0.263. The van der Waals surface area contributed by atoms with Gasteiger partial charge in [-0.15, -0.1) is 0 Å². The second-order valence-corrected chi connectivity index (χ2v) is 8.01. The number of rotatable bonds is 8. The lowest BCUT2D eigenvalue weighted by atomic mass is 10.1. The Labute approximate surface area is 163 Å². The monoisotopic (exact) mass is 408 g/mol. The van der Waals surface area contributed by atoms with E-state index >= 15 is 0 Å². The molecule has 0 aromatic heterocycles. The predicted octanol–water partition coefficient (Wildman–Crippen LogP) is 2.31. The molecule has 0 aliphatic rings. The summed E-state index contributed by atoms with van der Waals surface area (Å²) in [7, 11) is -3.94. The van der Waals surface area contributed by atoms with Crippen LogP contribution >= 0.6 is 0 Å². The van der Waals surface area contributed by atoms with Crippen LogP contribution in [0.1, 0.15) is 13.8 Å². The molecule has 150 valence electrons. The van der Waals surface area contributed by atoms with E-state index in [-0.39, 0.29) is 10.6 Å². The number of halogens is 1. The Kier molecular flexibility index (Phi) is 7.24. The van der Waals surface area contributed by atoms with Crippen LogP contribution in [0.2, 0.25) is 0 Å². The minimum Gasteiger partial charge on any atom is -0.454 e. The van der Waals surface area contributed by atoms with Gasteiger partial charge in [0.2, 0.25) is 10.0 Å². The normalized spacial score (nSPS) is 12.4. The molecule has 0 fully saturated rings. The molecule has 7 nitrogen and oxygen atoms in total. The minimum absolute atomic E-state index is 0.00532. The van der Waals surface area contributed by atoms with E-state index < -0.39 is 46.3 Å². The highest BCUT2D eigenvalue weighted by Crippen LogP contribution is 2.14. The molecule has 0 spiro atoms. The van der Waals surface area contributed by atoms with E-state index in [9.17, 15) is 22.4 Å². The molecule has 2 N–H and O–H groups in total. The van der Waals surface area contributed by atoms with E-state index in [0.29, 0.717) is 0 Å². The van der Waals surface area contributed by atoms with Crippen molar-refractivity contribution in [3.63, 3.8) is 0 Å². The highest BCUT2D eigenvalue weighted by molar-refractivity contribution is 7.89. The molecule has 0 aliphatic heterocycles. The summed E-state index contributed by atoms with van der Waals surface area (Å²) in [6, 6.07) is 11.9. The molecule has 0 unspecified atom stereocenters. The molecule has 0 bridgehead atoms. The third kappa shape index (κ3) is 5.86. The minimum atomic E-state index is -3.94. The van der Waals surface area contributed by atoms with Crippen LogP contribution in [0.15, 0.2) is 59.5 Å². The molecule has 9 heteroatoms. The number of sulfonamides is 1. The number of esters is 1. The molecule has 0 saturated carbocycles. The molecule has 2 aromatic rings. The van der Waals surface area contributed by atoms with Crippen LogP contribution in [0.4, 0.5) is 10.1 Å². The number of nitrogens with one attached hydrogen (secondary N) is 2. The van der Waals surface area contributed by atoms with Gasteiger partial charge in [-0.05, 0) is 30.2 Å². The number of anilines is 1. The summed E-state index contributed by atoms with van der Waals surface area (Å²) < 4.78 is 45.6.